The summed E-state index contributed by atoms with van der Waals surface area (Å²) in [6.07, 6.45) is 4.33. The molecule has 1 spiro atoms. The molecule has 2 amide bonds. The fraction of sp³-hybridized carbons (Fsp3) is 0.417. The van der Waals surface area contributed by atoms with Crippen molar-refractivity contribution in [1.29, 1.82) is 0 Å². The smallest absolute Gasteiger partial charge is 0.317 e. The fourth-order valence-corrected chi connectivity index (χ4v) is 5.07. The standard InChI is InChI=1S/C24H27F2N7O2/c1-3-29-23(34)32-6-4-24(13-32)5-7-33-20(24)9-18(31-33)15-8-19(22(27)30-10-15)35-14(2)21-16(25)11-28-12-17(21)26/h8-12,14H,3-7,13H2,1-2H3,(H2,27,30)(H,29,34)/t14?,24-/m1/s1. The van der Waals surface area contributed by atoms with Crippen LogP contribution < -0.4 is 15.8 Å². The zero-order valence-electron chi connectivity index (χ0n) is 19.6. The van der Waals surface area contributed by atoms with Crippen molar-refractivity contribution in [3.8, 4) is 17.0 Å². The Kier molecular flexibility index (Phi) is 5.78. The number of carbonyl (C=O) groups excluding carboxylic acids is 1. The van der Waals surface area contributed by atoms with Crippen LogP contribution in [0.15, 0.2) is 30.7 Å². The molecule has 1 fully saturated rings. The maximum absolute atomic E-state index is 14.1. The number of fused-ring (bicyclic) bond motifs is 2. The Morgan fingerprint density at radius 3 is 2.71 bits per heavy atom. The molecule has 0 aromatic carbocycles. The number of nitrogens with two attached hydrogens (primary N) is 1. The molecule has 0 saturated carbocycles. The Hall–Kier alpha value is -3.76. The van der Waals surface area contributed by atoms with E-state index in [0.717, 1.165) is 37.5 Å². The van der Waals surface area contributed by atoms with Gasteiger partial charge in [0, 0.05) is 49.0 Å². The summed E-state index contributed by atoms with van der Waals surface area (Å²) in [4.78, 5) is 21.9. The number of aromatic nitrogens is 4. The first-order valence-electron chi connectivity index (χ1n) is 11.6. The summed E-state index contributed by atoms with van der Waals surface area (Å²) in [5, 5.41) is 7.63. The van der Waals surface area contributed by atoms with Gasteiger partial charge in [0.2, 0.25) is 0 Å². The highest BCUT2D eigenvalue weighted by Crippen LogP contribution is 2.44. The van der Waals surface area contributed by atoms with E-state index in [-0.39, 0.29) is 28.6 Å². The lowest BCUT2D eigenvalue weighted by Crippen LogP contribution is -2.40. The summed E-state index contributed by atoms with van der Waals surface area (Å²) in [7, 11) is 0. The van der Waals surface area contributed by atoms with Gasteiger partial charge in [-0.3, -0.25) is 9.67 Å². The molecule has 35 heavy (non-hydrogen) atoms. The first-order valence-corrected chi connectivity index (χ1v) is 11.6. The normalized spacial score (nSPS) is 19.7. The van der Waals surface area contributed by atoms with Gasteiger partial charge in [0.15, 0.2) is 23.2 Å². The maximum Gasteiger partial charge on any atom is 0.317 e. The molecule has 3 aromatic heterocycles. The van der Waals surface area contributed by atoms with Crippen LogP contribution in [0.5, 0.6) is 5.75 Å². The van der Waals surface area contributed by atoms with Crippen LogP contribution in [0.1, 0.15) is 44.1 Å². The van der Waals surface area contributed by atoms with Crippen LogP contribution in [0.4, 0.5) is 19.4 Å². The second-order valence-corrected chi connectivity index (χ2v) is 9.06. The molecule has 2 atom stereocenters. The molecule has 0 bridgehead atoms. The summed E-state index contributed by atoms with van der Waals surface area (Å²) < 4.78 is 36.1. The predicted molar refractivity (Wildman–Crippen MR) is 125 cm³/mol. The Morgan fingerprint density at radius 2 is 1.97 bits per heavy atom. The van der Waals surface area contributed by atoms with Gasteiger partial charge in [0.05, 0.1) is 23.7 Å². The number of halogens is 2. The molecule has 0 radical (unpaired) electrons. The summed E-state index contributed by atoms with van der Waals surface area (Å²) in [5.74, 6) is -1.28. The molecule has 3 N–H and O–H groups in total. The van der Waals surface area contributed by atoms with E-state index in [2.05, 4.69) is 15.3 Å². The van der Waals surface area contributed by atoms with Crippen molar-refractivity contribution in [2.24, 2.45) is 0 Å². The number of aryl methyl sites for hydroxylation is 1. The number of urea groups is 1. The third-order valence-electron chi connectivity index (χ3n) is 6.87. The molecular formula is C24H27F2N7O2. The van der Waals surface area contributed by atoms with E-state index in [1.807, 2.05) is 22.6 Å². The molecule has 3 aromatic rings. The number of nitrogens with one attached hydrogen (secondary N) is 1. The van der Waals surface area contributed by atoms with Crippen LogP contribution in [-0.2, 0) is 12.0 Å². The van der Waals surface area contributed by atoms with Crippen LogP contribution >= 0.6 is 0 Å². The third kappa shape index (κ3) is 4.04. The minimum Gasteiger partial charge on any atom is -0.482 e. The van der Waals surface area contributed by atoms with Gasteiger partial charge in [-0.25, -0.2) is 18.6 Å². The first kappa shape index (κ1) is 23.0. The lowest BCUT2D eigenvalue weighted by atomic mass is 9.82. The Morgan fingerprint density at radius 1 is 1.23 bits per heavy atom. The van der Waals surface area contributed by atoms with E-state index in [0.29, 0.717) is 30.9 Å². The number of nitrogen functional groups attached to an aromatic ring is 1. The van der Waals surface area contributed by atoms with Gasteiger partial charge >= 0.3 is 6.03 Å². The van der Waals surface area contributed by atoms with Crippen molar-refractivity contribution in [3.05, 3.63) is 53.6 Å². The van der Waals surface area contributed by atoms with E-state index >= 15 is 0 Å². The number of hydrogen-bond acceptors (Lipinski definition) is 6. The van der Waals surface area contributed by atoms with Crippen LogP contribution in [0, 0.1) is 11.6 Å². The van der Waals surface area contributed by atoms with E-state index in [9.17, 15) is 13.6 Å². The fourth-order valence-electron chi connectivity index (χ4n) is 5.07. The highest BCUT2D eigenvalue weighted by Gasteiger charge is 2.46. The van der Waals surface area contributed by atoms with Crippen molar-refractivity contribution >= 4 is 11.8 Å². The van der Waals surface area contributed by atoms with Gasteiger partial charge in [0.1, 0.15) is 6.10 Å². The highest BCUT2D eigenvalue weighted by atomic mass is 19.1. The van der Waals surface area contributed by atoms with Gasteiger partial charge in [-0.05, 0) is 38.8 Å². The molecule has 9 nitrogen and oxygen atoms in total. The topological polar surface area (TPSA) is 111 Å². The van der Waals surface area contributed by atoms with E-state index < -0.39 is 17.7 Å². The number of pyridine rings is 2. The number of rotatable bonds is 5. The Labute approximate surface area is 201 Å². The van der Waals surface area contributed by atoms with Crippen LogP contribution in [0.3, 0.4) is 0 Å². The van der Waals surface area contributed by atoms with Crippen LogP contribution in [-0.4, -0.2) is 50.3 Å². The average Bonchev–Trinajstić information content (AvgIpc) is 3.52. The highest BCUT2D eigenvalue weighted by molar-refractivity contribution is 5.75. The lowest BCUT2D eigenvalue weighted by Gasteiger charge is -2.23. The second kappa shape index (κ2) is 8.79. The largest absolute Gasteiger partial charge is 0.482 e. The van der Waals surface area contributed by atoms with Crippen molar-refractivity contribution in [1.82, 2.24) is 30.0 Å². The van der Waals surface area contributed by atoms with Crippen LogP contribution in [0.25, 0.3) is 11.3 Å². The lowest BCUT2D eigenvalue weighted by molar-refractivity contribution is 0.206. The monoisotopic (exact) mass is 483 g/mol. The number of nitrogens with zero attached hydrogens (tertiary/aromatic N) is 5. The number of amides is 2. The van der Waals surface area contributed by atoms with Crippen molar-refractivity contribution in [2.75, 3.05) is 25.4 Å². The van der Waals surface area contributed by atoms with Gasteiger partial charge in [-0.15, -0.1) is 0 Å². The number of ether oxygens (including phenoxy) is 1. The quantitative estimate of drug-likeness (QED) is 0.575. The molecule has 5 heterocycles. The van der Waals surface area contributed by atoms with Gasteiger partial charge < -0.3 is 20.7 Å². The molecule has 1 saturated heterocycles. The number of anilines is 1. The summed E-state index contributed by atoms with van der Waals surface area (Å²) in [6.45, 7) is 6.15. The third-order valence-corrected chi connectivity index (χ3v) is 6.87. The molecule has 11 heteroatoms. The maximum atomic E-state index is 14.1. The molecule has 1 unspecified atom stereocenters. The first-order chi connectivity index (χ1) is 16.8. The summed E-state index contributed by atoms with van der Waals surface area (Å²) in [5.41, 5.74) is 8.11. The molecule has 0 aliphatic carbocycles. The molecule has 184 valence electrons. The minimum absolute atomic E-state index is 0.0386. The van der Waals surface area contributed by atoms with Gasteiger partial charge in [0.25, 0.3) is 0 Å². The van der Waals surface area contributed by atoms with Crippen LogP contribution in [0.2, 0.25) is 0 Å². The van der Waals surface area contributed by atoms with Crippen molar-refractivity contribution in [3.63, 3.8) is 0 Å². The van der Waals surface area contributed by atoms with Crippen molar-refractivity contribution in [2.45, 2.75) is 44.8 Å². The number of likely N-dealkylation sites (tertiary alicyclic amines) is 1. The molecule has 2 aliphatic heterocycles. The van der Waals surface area contributed by atoms with Gasteiger partial charge in [-0.2, -0.15) is 5.10 Å². The Bertz CT molecular complexity index is 1260. The minimum atomic E-state index is -0.952. The molecular weight excluding hydrogens is 456 g/mol. The predicted octanol–water partition coefficient (Wildman–Crippen LogP) is 3.42. The number of hydrogen-bond donors (Lipinski definition) is 2. The zero-order valence-corrected chi connectivity index (χ0v) is 19.6. The van der Waals surface area contributed by atoms with E-state index in [1.54, 1.807) is 12.3 Å². The zero-order chi connectivity index (χ0) is 24.7. The Balaban J connectivity index is 1.40. The van der Waals surface area contributed by atoms with Gasteiger partial charge in [-0.1, -0.05) is 0 Å². The van der Waals surface area contributed by atoms with Crippen molar-refractivity contribution < 1.29 is 18.3 Å². The average molecular weight is 484 g/mol. The summed E-state index contributed by atoms with van der Waals surface area (Å²) >= 11 is 0. The molecule has 2 aliphatic rings. The van der Waals surface area contributed by atoms with E-state index in [4.69, 9.17) is 15.6 Å². The summed E-state index contributed by atoms with van der Waals surface area (Å²) in [6, 6.07) is 3.66. The molecule has 5 rings (SSSR count). The number of carbonyl (C=O) groups is 1. The van der Waals surface area contributed by atoms with E-state index in [1.165, 1.54) is 6.92 Å². The second-order valence-electron chi connectivity index (χ2n) is 9.06. The SMILES string of the molecule is CCNC(=O)N1CC[C@@]2(CCn3nc(-c4cnc(N)c(OC(C)c5c(F)cncc5F)c4)cc32)C1.